The molecule has 2 saturated carbocycles. The quantitative estimate of drug-likeness (QED) is 0.385. The van der Waals surface area contributed by atoms with E-state index in [-0.39, 0.29) is 6.61 Å². The second-order valence-electron chi connectivity index (χ2n) is 10.8. The topological polar surface area (TPSA) is 62.8 Å². The monoisotopic (exact) mass is 458 g/mol. The summed E-state index contributed by atoms with van der Waals surface area (Å²) in [5, 5.41) is 16.3. The molecule has 3 aliphatic rings. The van der Waals surface area contributed by atoms with Crippen molar-refractivity contribution < 1.29 is 14.6 Å². The number of benzene rings is 1. The lowest BCUT2D eigenvalue weighted by molar-refractivity contribution is 0.0412. The van der Waals surface area contributed by atoms with E-state index in [0.717, 1.165) is 62.6 Å². The van der Waals surface area contributed by atoms with Gasteiger partial charge in [-0.15, -0.1) is 0 Å². The van der Waals surface area contributed by atoms with Crippen LogP contribution in [-0.4, -0.2) is 57.7 Å². The number of aryl methyl sites for hydroxylation is 1. The molecular formula is C28H46N2O3. The number of hydrogen-bond acceptors (Lipinski definition) is 5. The molecule has 3 N–H and O–H groups in total. The van der Waals surface area contributed by atoms with Crippen LogP contribution in [0.25, 0.3) is 0 Å². The van der Waals surface area contributed by atoms with Crippen molar-refractivity contribution in [2.75, 3.05) is 46.6 Å². The summed E-state index contributed by atoms with van der Waals surface area (Å²) in [7, 11) is 1.78. The normalized spacial score (nSPS) is 30.5. The van der Waals surface area contributed by atoms with Crippen LogP contribution in [0.5, 0.6) is 5.75 Å². The van der Waals surface area contributed by atoms with E-state index in [0.29, 0.717) is 18.1 Å². The van der Waals surface area contributed by atoms with Gasteiger partial charge in [-0.05, 0) is 124 Å². The Morgan fingerprint density at radius 3 is 2.73 bits per heavy atom. The average Bonchev–Trinajstić information content (AvgIpc) is 3.18. The molecule has 0 radical (unpaired) electrons. The standard InChI is InChI=1S/C28H46N2O3/c1-28-13-12-24-23-9-7-22(32-2)20-21(23)6-8-25(24)26(28)10-11-27(28)30-16-3-14-29-15-4-18-33-19-5-17-31/h7,9,20,24-27,29-31H,3-6,8,10-19H2,1-2H3/t24-,25-,26+,27?,28+/m1/s1. The third-order valence-electron chi connectivity index (χ3n) is 8.94. The molecule has 186 valence electrons. The average molecular weight is 459 g/mol. The fourth-order valence-electron chi connectivity index (χ4n) is 7.20. The zero-order valence-corrected chi connectivity index (χ0v) is 20.9. The Labute approximate surface area is 201 Å². The Kier molecular flexibility index (Phi) is 9.09. The minimum atomic E-state index is 0.219. The zero-order valence-electron chi connectivity index (χ0n) is 20.9. The van der Waals surface area contributed by atoms with E-state index < -0.39 is 0 Å². The maximum Gasteiger partial charge on any atom is 0.119 e. The maximum atomic E-state index is 8.75. The van der Waals surface area contributed by atoms with Crippen molar-refractivity contribution in [1.82, 2.24) is 10.6 Å². The van der Waals surface area contributed by atoms with Gasteiger partial charge < -0.3 is 25.2 Å². The molecule has 0 amide bonds. The van der Waals surface area contributed by atoms with Crippen LogP contribution in [0.4, 0.5) is 0 Å². The molecule has 5 nitrogen and oxygen atoms in total. The van der Waals surface area contributed by atoms with Crippen LogP contribution < -0.4 is 15.4 Å². The molecule has 4 rings (SSSR count). The summed E-state index contributed by atoms with van der Waals surface area (Å²) in [6.45, 7) is 7.47. The Morgan fingerprint density at radius 2 is 1.88 bits per heavy atom. The van der Waals surface area contributed by atoms with Crippen molar-refractivity contribution in [3.63, 3.8) is 0 Å². The molecule has 0 bridgehead atoms. The Balaban J connectivity index is 1.19. The lowest BCUT2D eigenvalue weighted by Crippen LogP contribution is -2.49. The molecule has 5 atom stereocenters. The van der Waals surface area contributed by atoms with Crippen molar-refractivity contribution in [3.05, 3.63) is 29.3 Å². The molecule has 33 heavy (non-hydrogen) atoms. The zero-order chi connectivity index (χ0) is 23.1. The van der Waals surface area contributed by atoms with E-state index in [2.05, 4.69) is 35.8 Å². The van der Waals surface area contributed by atoms with Gasteiger partial charge >= 0.3 is 0 Å². The number of hydrogen-bond donors (Lipinski definition) is 3. The van der Waals surface area contributed by atoms with Gasteiger partial charge in [-0.25, -0.2) is 0 Å². The molecule has 2 fully saturated rings. The van der Waals surface area contributed by atoms with Crippen LogP contribution in [0.1, 0.15) is 75.3 Å². The summed E-state index contributed by atoms with van der Waals surface area (Å²) >= 11 is 0. The van der Waals surface area contributed by atoms with Crippen molar-refractivity contribution in [1.29, 1.82) is 0 Å². The van der Waals surface area contributed by atoms with Gasteiger partial charge in [-0.1, -0.05) is 13.0 Å². The van der Waals surface area contributed by atoms with Gasteiger partial charge in [-0.2, -0.15) is 0 Å². The van der Waals surface area contributed by atoms with E-state index in [1.807, 2.05) is 0 Å². The molecule has 1 aromatic carbocycles. The molecule has 0 heterocycles. The first kappa shape index (κ1) is 25.0. The van der Waals surface area contributed by atoms with E-state index in [4.69, 9.17) is 14.6 Å². The highest BCUT2D eigenvalue weighted by atomic mass is 16.5. The number of nitrogens with one attached hydrogen (secondary N) is 2. The summed E-state index contributed by atoms with van der Waals surface area (Å²) in [5.41, 5.74) is 3.62. The summed E-state index contributed by atoms with van der Waals surface area (Å²) < 4.78 is 11.0. The lowest BCUT2D eigenvalue weighted by Gasteiger charge is -2.51. The van der Waals surface area contributed by atoms with Gasteiger partial charge in [0.1, 0.15) is 5.75 Å². The van der Waals surface area contributed by atoms with Crippen LogP contribution >= 0.6 is 0 Å². The Morgan fingerprint density at radius 1 is 1.03 bits per heavy atom. The van der Waals surface area contributed by atoms with E-state index in [1.165, 1.54) is 50.5 Å². The molecule has 1 unspecified atom stereocenters. The predicted octanol–water partition coefficient (Wildman–Crippen LogP) is 4.28. The number of aliphatic hydroxyl groups is 1. The van der Waals surface area contributed by atoms with Gasteiger partial charge in [-0.3, -0.25) is 0 Å². The third-order valence-corrected chi connectivity index (χ3v) is 8.94. The van der Waals surface area contributed by atoms with E-state index >= 15 is 0 Å². The number of fused-ring (bicyclic) bond motifs is 5. The van der Waals surface area contributed by atoms with Crippen molar-refractivity contribution in [3.8, 4) is 5.75 Å². The minimum absolute atomic E-state index is 0.219. The van der Waals surface area contributed by atoms with E-state index in [9.17, 15) is 0 Å². The second kappa shape index (κ2) is 12.0. The minimum Gasteiger partial charge on any atom is -0.497 e. The van der Waals surface area contributed by atoms with Crippen LogP contribution in [-0.2, 0) is 11.2 Å². The third kappa shape index (κ3) is 5.75. The van der Waals surface area contributed by atoms with Crippen molar-refractivity contribution >= 4 is 0 Å². The first-order valence-electron chi connectivity index (χ1n) is 13.5. The van der Waals surface area contributed by atoms with Gasteiger partial charge in [0.2, 0.25) is 0 Å². The molecular weight excluding hydrogens is 412 g/mol. The van der Waals surface area contributed by atoms with Crippen LogP contribution in [0, 0.1) is 17.3 Å². The highest BCUT2D eigenvalue weighted by molar-refractivity contribution is 5.40. The van der Waals surface area contributed by atoms with E-state index in [1.54, 1.807) is 12.7 Å². The number of ether oxygens (including phenoxy) is 2. The number of aliphatic hydroxyl groups excluding tert-OH is 1. The van der Waals surface area contributed by atoms with Crippen molar-refractivity contribution in [2.45, 2.75) is 76.7 Å². The second-order valence-corrected chi connectivity index (χ2v) is 10.8. The number of rotatable bonds is 13. The Hall–Kier alpha value is -1.14. The first-order chi connectivity index (χ1) is 16.2. The van der Waals surface area contributed by atoms with Crippen LogP contribution in [0.2, 0.25) is 0 Å². The summed E-state index contributed by atoms with van der Waals surface area (Å²) in [4.78, 5) is 0. The molecule has 0 aliphatic heterocycles. The summed E-state index contributed by atoms with van der Waals surface area (Å²) in [6, 6.07) is 7.51. The van der Waals surface area contributed by atoms with Gasteiger partial charge in [0.05, 0.1) is 7.11 Å². The van der Waals surface area contributed by atoms with Crippen LogP contribution in [0.15, 0.2) is 18.2 Å². The fourth-order valence-corrected chi connectivity index (χ4v) is 7.20. The predicted molar refractivity (Wildman–Crippen MR) is 134 cm³/mol. The molecule has 0 spiro atoms. The highest BCUT2D eigenvalue weighted by Gasteiger charge is 2.54. The Bertz CT molecular complexity index is 742. The molecule has 3 aliphatic carbocycles. The van der Waals surface area contributed by atoms with Crippen molar-refractivity contribution in [2.24, 2.45) is 17.3 Å². The van der Waals surface area contributed by atoms with Gasteiger partial charge in [0, 0.05) is 25.9 Å². The van der Waals surface area contributed by atoms with Crippen LogP contribution in [0.3, 0.4) is 0 Å². The highest BCUT2D eigenvalue weighted by Crippen LogP contribution is 2.60. The summed E-state index contributed by atoms with van der Waals surface area (Å²) in [5.74, 6) is 3.50. The smallest absolute Gasteiger partial charge is 0.119 e. The molecule has 1 aromatic rings. The largest absolute Gasteiger partial charge is 0.497 e. The lowest BCUT2D eigenvalue weighted by atomic mass is 9.55. The molecule has 0 saturated heterocycles. The number of methoxy groups -OCH3 is 1. The maximum absolute atomic E-state index is 8.75. The molecule has 5 heteroatoms. The van der Waals surface area contributed by atoms with Gasteiger partial charge in [0.15, 0.2) is 0 Å². The molecule has 0 aromatic heterocycles. The van der Waals surface area contributed by atoms with Gasteiger partial charge in [0.25, 0.3) is 0 Å². The summed E-state index contributed by atoms with van der Waals surface area (Å²) in [6.07, 6.45) is 11.0. The fraction of sp³-hybridized carbons (Fsp3) is 0.786. The first-order valence-corrected chi connectivity index (χ1v) is 13.5. The SMILES string of the molecule is COc1ccc2c(c1)CC[C@@H]1[C@@H]2CC[C@]2(C)C(NCCCNCCCOCCCO)CC[C@@H]12.